The zero-order chi connectivity index (χ0) is 18.4. The normalized spacial score (nSPS) is 14.8. The largest absolute Gasteiger partial charge is 0.381 e. The number of benzene rings is 1. The predicted octanol–water partition coefficient (Wildman–Crippen LogP) is 1.81. The van der Waals surface area contributed by atoms with Gasteiger partial charge >= 0.3 is 0 Å². The number of nitrogens with zero attached hydrogens (tertiary/aromatic N) is 1. The highest BCUT2D eigenvalue weighted by Crippen LogP contribution is 2.15. The molecule has 1 aliphatic heterocycles. The molecule has 0 aliphatic carbocycles. The van der Waals surface area contributed by atoms with Crippen molar-refractivity contribution in [2.45, 2.75) is 25.3 Å². The molecule has 2 amide bonds. The van der Waals surface area contributed by atoms with Gasteiger partial charge in [-0.25, -0.2) is 4.98 Å². The maximum atomic E-state index is 12.3. The van der Waals surface area contributed by atoms with E-state index in [4.69, 9.17) is 10.5 Å². The average Bonchev–Trinajstić information content (AvgIpc) is 3.12. The fraction of sp³-hybridized carbons (Fsp3) is 0.389. The third-order valence-electron chi connectivity index (χ3n) is 4.10. The van der Waals surface area contributed by atoms with Crippen LogP contribution in [-0.2, 0) is 11.2 Å². The molecule has 0 bridgehead atoms. The molecule has 0 radical (unpaired) electrons. The van der Waals surface area contributed by atoms with Crippen LogP contribution in [-0.4, -0.2) is 42.6 Å². The van der Waals surface area contributed by atoms with Crippen LogP contribution in [0.25, 0.3) is 0 Å². The Bertz CT molecular complexity index is 754. The Balaban J connectivity index is 1.56. The Morgan fingerprint density at radius 2 is 1.92 bits per heavy atom. The molecule has 1 aromatic carbocycles. The number of carbonyl (C=O) groups excluding carboxylic acids is 2. The van der Waals surface area contributed by atoms with Crippen molar-refractivity contribution in [2.24, 2.45) is 5.73 Å². The van der Waals surface area contributed by atoms with Gasteiger partial charge in [0.2, 0.25) is 0 Å². The summed E-state index contributed by atoms with van der Waals surface area (Å²) < 4.78 is 5.29. The van der Waals surface area contributed by atoms with Gasteiger partial charge in [0.1, 0.15) is 5.69 Å². The number of ether oxygens (including phenoxy) is 1. The third-order valence-corrected chi connectivity index (χ3v) is 5.01. The maximum absolute atomic E-state index is 12.3. The summed E-state index contributed by atoms with van der Waals surface area (Å²) in [6, 6.07) is 6.98. The summed E-state index contributed by atoms with van der Waals surface area (Å²) in [5.74, 6) is -0.385. The zero-order valence-corrected chi connectivity index (χ0v) is 15.2. The van der Waals surface area contributed by atoms with Crippen LogP contribution in [0.1, 0.15) is 38.7 Å². The van der Waals surface area contributed by atoms with E-state index in [1.165, 1.54) is 11.3 Å². The summed E-state index contributed by atoms with van der Waals surface area (Å²) >= 11 is 1.42. The minimum atomic E-state index is -0.274. The van der Waals surface area contributed by atoms with Gasteiger partial charge in [-0.1, -0.05) is 0 Å². The smallest absolute Gasteiger partial charge is 0.275 e. The van der Waals surface area contributed by atoms with Crippen LogP contribution >= 0.6 is 11.3 Å². The summed E-state index contributed by atoms with van der Waals surface area (Å²) in [6.07, 6.45) is 2.33. The van der Waals surface area contributed by atoms with E-state index >= 15 is 0 Å². The molecule has 2 aromatic rings. The molecule has 4 N–H and O–H groups in total. The van der Waals surface area contributed by atoms with E-state index in [1.54, 1.807) is 29.6 Å². The van der Waals surface area contributed by atoms with Gasteiger partial charge in [-0.15, -0.1) is 11.3 Å². The zero-order valence-electron chi connectivity index (χ0n) is 14.4. The van der Waals surface area contributed by atoms with Crippen LogP contribution in [0, 0.1) is 0 Å². The van der Waals surface area contributed by atoms with E-state index in [9.17, 15) is 9.59 Å². The van der Waals surface area contributed by atoms with E-state index in [-0.39, 0.29) is 17.9 Å². The Morgan fingerprint density at radius 3 is 2.62 bits per heavy atom. The highest BCUT2D eigenvalue weighted by Gasteiger charge is 2.17. The quantitative estimate of drug-likeness (QED) is 0.715. The fourth-order valence-corrected chi connectivity index (χ4v) is 3.46. The van der Waals surface area contributed by atoms with Crippen molar-refractivity contribution in [1.29, 1.82) is 0 Å². The Morgan fingerprint density at radius 1 is 1.19 bits per heavy atom. The summed E-state index contributed by atoms with van der Waals surface area (Å²) in [4.78, 5) is 28.8. The molecule has 0 atom stereocenters. The second-order valence-electron chi connectivity index (χ2n) is 6.06. The molecule has 0 spiro atoms. The molecule has 8 heteroatoms. The van der Waals surface area contributed by atoms with Crippen molar-refractivity contribution in [1.82, 2.24) is 10.3 Å². The minimum Gasteiger partial charge on any atom is -0.381 e. The van der Waals surface area contributed by atoms with Gasteiger partial charge in [0.05, 0.1) is 5.01 Å². The topological polar surface area (TPSA) is 106 Å². The lowest BCUT2D eigenvalue weighted by Crippen LogP contribution is -2.38. The van der Waals surface area contributed by atoms with Gasteiger partial charge in [0.15, 0.2) is 0 Å². The Hall–Kier alpha value is -2.29. The van der Waals surface area contributed by atoms with E-state index < -0.39 is 0 Å². The van der Waals surface area contributed by atoms with Crippen molar-refractivity contribution in [2.75, 3.05) is 25.1 Å². The molecule has 138 valence electrons. The van der Waals surface area contributed by atoms with Gasteiger partial charge < -0.3 is 21.1 Å². The lowest BCUT2D eigenvalue weighted by atomic mass is 10.1. The number of rotatable bonds is 6. The van der Waals surface area contributed by atoms with Crippen molar-refractivity contribution < 1.29 is 14.3 Å². The Labute approximate surface area is 156 Å². The number of hydrogen-bond donors (Lipinski definition) is 3. The molecule has 2 heterocycles. The fourth-order valence-electron chi connectivity index (χ4n) is 2.66. The molecule has 0 saturated carbocycles. The molecule has 3 rings (SSSR count). The van der Waals surface area contributed by atoms with Gasteiger partial charge in [-0.05, 0) is 43.7 Å². The van der Waals surface area contributed by atoms with Gasteiger partial charge in [0, 0.05) is 42.3 Å². The van der Waals surface area contributed by atoms with Crippen LogP contribution < -0.4 is 16.4 Å². The van der Waals surface area contributed by atoms with E-state index in [1.807, 2.05) is 0 Å². The van der Waals surface area contributed by atoms with Crippen LogP contribution in [0.15, 0.2) is 29.6 Å². The van der Waals surface area contributed by atoms with Crippen molar-refractivity contribution in [3.05, 3.63) is 45.9 Å². The lowest BCUT2D eigenvalue weighted by molar-refractivity contribution is 0.0696. The van der Waals surface area contributed by atoms with Crippen LogP contribution in [0.5, 0.6) is 0 Å². The van der Waals surface area contributed by atoms with Crippen molar-refractivity contribution in [3.8, 4) is 0 Å². The van der Waals surface area contributed by atoms with E-state index in [0.29, 0.717) is 43.1 Å². The first-order valence-electron chi connectivity index (χ1n) is 8.60. The minimum absolute atomic E-state index is 0.110. The molecule has 26 heavy (non-hydrogen) atoms. The van der Waals surface area contributed by atoms with E-state index in [0.717, 1.165) is 17.8 Å². The SMILES string of the molecule is NCCc1nc(C(=O)Nc2ccc(C(=O)NC3CCOCC3)cc2)cs1. The van der Waals surface area contributed by atoms with Gasteiger partial charge in [-0.2, -0.15) is 0 Å². The maximum Gasteiger partial charge on any atom is 0.275 e. The molecule has 1 aliphatic rings. The number of amides is 2. The Kier molecular flexibility index (Phi) is 6.32. The first-order valence-corrected chi connectivity index (χ1v) is 9.48. The number of nitrogens with two attached hydrogens (primary N) is 1. The van der Waals surface area contributed by atoms with Gasteiger partial charge in [-0.3, -0.25) is 9.59 Å². The molecular weight excluding hydrogens is 352 g/mol. The molecule has 1 aromatic heterocycles. The van der Waals surface area contributed by atoms with Crippen LogP contribution in [0.4, 0.5) is 5.69 Å². The first-order chi connectivity index (χ1) is 12.7. The number of aromatic nitrogens is 1. The molecule has 7 nitrogen and oxygen atoms in total. The molecule has 1 saturated heterocycles. The molecule has 0 unspecified atom stereocenters. The summed E-state index contributed by atoms with van der Waals surface area (Å²) in [5, 5.41) is 8.36. The number of hydrogen-bond acceptors (Lipinski definition) is 6. The standard InChI is InChI=1S/C18H22N4O3S/c19-8-5-16-22-15(11-26-16)18(24)21-13-3-1-12(2-4-13)17(23)20-14-6-9-25-10-7-14/h1-4,11,14H,5-10,19H2,(H,20,23)(H,21,24). The van der Waals surface area contributed by atoms with Crippen molar-refractivity contribution in [3.63, 3.8) is 0 Å². The highest BCUT2D eigenvalue weighted by molar-refractivity contribution is 7.09. The summed E-state index contributed by atoms with van der Waals surface area (Å²) in [7, 11) is 0. The monoisotopic (exact) mass is 374 g/mol. The second kappa shape index (κ2) is 8.88. The highest BCUT2D eigenvalue weighted by atomic mass is 32.1. The third kappa shape index (κ3) is 4.87. The number of thiazole rings is 1. The van der Waals surface area contributed by atoms with Crippen molar-refractivity contribution >= 4 is 28.8 Å². The first kappa shape index (κ1) is 18.5. The second-order valence-corrected chi connectivity index (χ2v) is 7.00. The summed E-state index contributed by atoms with van der Waals surface area (Å²) in [6.45, 7) is 1.87. The molecule has 1 fully saturated rings. The molecular formula is C18H22N4O3S. The lowest BCUT2D eigenvalue weighted by Gasteiger charge is -2.23. The van der Waals surface area contributed by atoms with Gasteiger partial charge in [0.25, 0.3) is 11.8 Å². The average molecular weight is 374 g/mol. The van der Waals surface area contributed by atoms with Crippen LogP contribution in [0.3, 0.4) is 0 Å². The summed E-state index contributed by atoms with van der Waals surface area (Å²) in [5.41, 5.74) is 7.05. The number of carbonyl (C=O) groups is 2. The predicted molar refractivity (Wildman–Crippen MR) is 101 cm³/mol. The van der Waals surface area contributed by atoms with Crippen LogP contribution in [0.2, 0.25) is 0 Å². The number of anilines is 1. The number of nitrogens with one attached hydrogen (secondary N) is 2. The van der Waals surface area contributed by atoms with E-state index in [2.05, 4.69) is 15.6 Å².